The van der Waals surface area contributed by atoms with Crippen molar-refractivity contribution in [3.8, 4) is 0 Å². The Kier molecular flexibility index (Phi) is 7.15. The van der Waals surface area contributed by atoms with E-state index in [4.69, 9.17) is 0 Å². The molecule has 0 heterocycles. The zero-order valence-corrected chi connectivity index (χ0v) is 15.8. The van der Waals surface area contributed by atoms with Gasteiger partial charge in [-0.25, -0.2) is 12.8 Å². The Balaban J connectivity index is 1.77. The smallest absolute Gasteiger partial charge is 0.191 e. The molecule has 0 saturated heterocycles. The third-order valence-corrected chi connectivity index (χ3v) is 5.71. The van der Waals surface area contributed by atoms with E-state index in [0.717, 1.165) is 5.56 Å². The minimum Gasteiger partial charge on any atom is -0.356 e. The van der Waals surface area contributed by atoms with Crippen LogP contribution in [0.4, 0.5) is 4.39 Å². The van der Waals surface area contributed by atoms with Crippen LogP contribution in [-0.4, -0.2) is 33.7 Å². The van der Waals surface area contributed by atoms with Crippen molar-refractivity contribution in [2.24, 2.45) is 4.99 Å². The van der Waals surface area contributed by atoms with E-state index >= 15 is 0 Å². The summed E-state index contributed by atoms with van der Waals surface area (Å²) >= 11 is 0. The Hall–Kier alpha value is -2.41. The van der Waals surface area contributed by atoms with Crippen molar-refractivity contribution in [3.05, 3.63) is 65.5 Å². The summed E-state index contributed by atoms with van der Waals surface area (Å²) in [6, 6.07) is 13.4. The van der Waals surface area contributed by atoms with Gasteiger partial charge in [0, 0.05) is 20.1 Å². The molecule has 26 heavy (non-hydrogen) atoms. The largest absolute Gasteiger partial charge is 0.356 e. The normalized spacial score (nSPS) is 12.0. The molecule has 0 spiro atoms. The highest BCUT2D eigenvalue weighted by Gasteiger charge is 2.13. The molecule has 2 aromatic rings. The van der Waals surface area contributed by atoms with E-state index in [0.29, 0.717) is 35.9 Å². The van der Waals surface area contributed by atoms with Gasteiger partial charge in [0.05, 0.1) is 10.6 Å². The molecule has 0 radical (unpaired) electrons. The molecule has 0 unspecified atom stereocenters. The number of rotatable bonds is 7. The fourth-order valence-corrected chi connectivity index (χ4v) is 3.77. The Morgan fingerprint density at radius 2 is 1.85 bits per heavy atom. The van der Waals surface area contributed by atoms with Gasteiger partial charge in [-0.05, 0) is 42.7 Å². The monoisotopic (exact) mass is 377 g/mol. The minimum absolute atomic E-state index is 0.0676. The highest BCUT2D eigenvalue weighted by atomic mass is 32.2. The fraction of sp³-hybridized carbons (Fsp3) is 0.316. The lowest BCUT2D eigenvalue weighted by Crippen LogP contribution is -2.37. The highest BCUT2D eigenvalue weighted by molar-refractivity contribution is 7.91. The van der Waals surface area contributed by atoms with Gasteiger partial charge in [-0.1, -0.05) is 30.3 Å². The van der Waals surface area contributed by atoms with Crippen molar-refractivity contribution in [2.75, 3.05) is 19.3 Å². The molecule has 0 saturated carbocycles. The first-order chi connectivity index (χ1) is 12.4. The summed E-state index contributed by atoms with van der Waals surface area (Å²) < 4.78 is 37.7. The van der Waals surface area contributed by atoms with Crippen molar-refractivity contribution in [1.82, 2.24) is 10.6 Å². The Bertz CT molecular complexity index is 852. The van der Waals surface area contributed by atoms with Crippen LogP contribution in [0.5, 0.6) is 0 Å². The van der Waals surface area contributed by atoms with Crippen LogP contribution in [0, 0.1) is 12.7 Å². The summed E-state index contributed by atoms with van der Waals surface area (Å²) in [5.74, 6) is 0.415. The highest BCUT2D eigenvalue weighted by Crippen LogP contribution is 2.11. The van der Waals surface area contributed by atoms with Gasteiger partial charge >= 0.3 is 0 Å². The van der Waals surface area contributed by atoms with E-state index in [-0.39, 0.29) is 11.6 Å². The summed E-state index contributed by atoms with van der Waals surface area (Å²) in [6.45, 7) is 2.70. The van der Waals surface area contributed by atoms with Crippen molar-refractivity contribution in [3.63, 3.8) is 0 Å². The molecule has 2 aromatic carbocycles. The van der Waals surface area contributed by atoms with E-state index in [1.165, 1.54) is 6.07 Å². The molecule has 0 aliphatic carbocycles. The Morgan fingerprint density at radius 3 is 2.50 bits per heavy atom. The fourth-order valence-electron chi connectivity index (χ4n) is 2.44. The molecule has 2 N–H and O–H groups in total. The van der Waals surface area contributed by atoms with Gasteiger partial charge in [0.25, 0.3) is 0 Å². The molecule has 2 rings (SSSR count). The van der Waals surface area contributed by atoms with Crippen molar-refractivity contribution in [1.29, 1.82) is 0 Å². The van der Waals surface area contributed by atoms with Gasteiger partial charge in [0.2, 0.25) is 0 Å². The zero-order chi connectivity index (χ0) is 19.0. The molecule has 0 bridgehead atoms. The van der Waals surface area contributed by atoms with Crippen LogP contribution in [0.15, 0.2) is 58.4 Å². The Morgan fingerprint density at radius 1 is 1.12 bits per heavy atom. The maximum absolute atomic E-state index is 13.3. The number of sulfone groups is 1. The molecule has 7 heteroatoms. The Labute approximate surface area is 154 Å². The molecule has 5 nitrogen and oxygen atoms in total. The number of hydrogen-bond acceptors (Lipinski definition) is 3. The van der Waals surface area contributed by atoms with E-state index in [9.17, 15) is 12.8 Å². The topological polar surface area (TPSA) is 70.6 Å². The summed E-state index contributed by atoms with van der Waals surface area (Å²) in [6.07, 6.45) is 0.466. The summed E-state index contributed by atoms with van der Waals surface area (Å²) in [5.41, 5.74) is 1.54. The first-order valence-electron chi connectivity index (χ1n) is 8.40. The number of nitrogens with zero attached hydrogens (tertiary/aromatic N) is 1. The summed E-state index contributed by atoms with van der Waals surface area (Å²) in [5, 5.41) is 6.22. The lowest BCUT2D eigenvalue weighted by molar-refractivity contribution is 0.592. The van der Waals surface area contributed by atoms with Gasteiger partial charge in [0.15, 0.2) is 15.8 Å². The molecule has 0 aliphatic heterocycles. The molecular weight excluding hydrogens is 353 g/mol. The molecule has 0 atom stereocenters. The third-order valence-electron chi connectivity index (χ3n) is 3.89. The predicted octanol–water partition coefficient (Wildman–Crippen LogP) is 2.66. The summed E-state index contributed by atoms with van der Waals surface area (Å²) in [4.78, 5) is 4.45. The van der Waals surface area contributed by atoms with E-state index in [2.05, 4.69) is 15.6 Å². The van der Waals surface area contributed by atoms with Crippen molar-refractivity contribution < 1.29 is 12.8 Å². The number of guanidine groups is 1. The standard InChI is InChI=1S/C19H24FN3O2S/c1-15-13-16(9-10-18(15)20)14-23-19(21-2)22-11-6-12-26(24,25)17-7-4-3-5-8-17/h3-5,7-10,13H,6,11-12,14H2,1-2H3,(H2,21,22,23). The minimum atomic E-state index is -3.26. The van der Waals surface area contributed by atoms with E-state index < -0.39 is 9.84 Å². The lowest BCUT2D eigenvalue weighted by Gasteiger charge is -2.12. The molecule has 0 aromatic heterocycles. The van der Waals surface area contributed by atoms with Gasteiger partial charge in [0.1, 0.15) is 5.82 Å². The summed E-state index contributed by atoms with van der Waals surface area (Å²) in [7, 11) is -1.62. The van der Waals surface area contributed by atoms with Crippen LogP contribution < -0.4 is 10.6 Å². The van der Waals surface area contributed by atoms with Crippen LogP contribution in [0.1, 0.15) is 17.5 Å². The van der Waals surface area contributed by atoms with Gasteiger partial charge in [-0.2, -0.15) is 0 Å². The molecule has 0 fully saturated rings. The van der Waals surface area contributed by atoms with Crippen LogP contribution in [-0.2, 0) is 16.4 Å². The van der Waals surface area contributed by atoms with Crippen LogP contribution in [0.3, 0.4) is 0 Å². The first-order valence-corrected chi connectivity index (χ1v) is 10.0. The average Bonchev–Trinajstić information content (AvgIpc) is 2.64. The molecule has 140 valence electrons. The second-order valence-corrected chi connectivity index (χ2v) is 8.03. The maximum Gasteiger partial charge on any atom is 0.191 e. The predicted molar refractivity (Wildman–Crippen MR) is 102 cm³/mol. The maximum atomic E-state index is 13.3. The molecular formula is C19H24FN3O2S. The second kappa shape index (κ2) is 9.33. The average molecular weight is 377 g/mol. The number of aliphatic imine (C=N–C) groups is 1. The van der Waals surface area contributed by atoms with Crippen LogP contribution >= 0.6 is 0 Å². The zero-order valence-electron chi connectivity index (χ0n) is 15.0. The van der Waals surface area contributed by atoms with Gasteiger partial charge in [-0.3, -0.25) is 4.99 Å². The number of benzene rings is 2. The molecule has 0 amide bonds. The van der Waals surface area contributed by atoms with Gasteiger partial charge < -0.3 is 10.6 Å². The lowest BCUT2D eigenvalue weighted by atomic mass is 10.1. The molecule has 0 aliphatic rings. The van der Waals surface area contributed by atoms with E-state index in [1.807, 2.05) is 0 Å². The van der Waals surface area contributed by atoms with Crippen LogP contribution in [0.2, 0.25) is 0 Å². The second-order valence-electron chi connectivity index (χ2n) is 5.92. The van der Waals surface area contributed by atoms with Gasteiger partial charge in [-0.15, -0.1) is 0 Å². The number of halogens is 1. The van der Waals surface area contributed by atoms with Crippen molar-refractivity contribution >= 4 is 15.8 Å². The van der Waals surface area contributed by atoms with E-state index in [1.54, 1.807) is 56.4 Å². The van der Waals surface area contributed by atoms with Crippen molar-refractivity contribution in [2.45, 2.75) is 24.8 Å². The van der Waals surface area contributed by atoms with Crippen LogP contribution in [0.25, 0.3) is 0 Å². The third kappa shape index (κ3) is 5.84. The number of nitrogens with one attached hydrogen (secondary N) is 2. The first kappa shape index (κ1) is 19.9. The number of hydrogen-bond donors (Lipinski definition) is 2. The quantitative estimate of drug-likeness (QED) is 0.442. The number of aryl methyl sites for hydroxylation is 1. The SMILES string of the molecule is CN=C(NCCCS(=O)(=O)c1ccccc1)NCc1ccc(F)c(C)c1.